The maximum absolute atomic E-state index is 12.5. The van der Waals surface area contributed by atoms with E-state index in [1.54, 1.807) is 21.3 Å². The Morgan fingerprint density at radius 1 is 1.15 bits per heavy atom. The second kappa shape index (κ2) is 9.87. The lowest BCUT2D eigenvalue weighted by Crippen LogP contribution is -2.29. The van der Waals surface area contributed by atoms with Crippen LogP contribution in [0, 0.1) is 6.92 Å². The molecule has 26 heavy (non-hydrogen) atoms. The minimum atomic E-state index is -0.205. The number of hydrogen-bond donors (Lipinski definition) is 1. The Morgan fingerprint density at radius 3 is 2.58 bits per heavy atom. The van der Waals surface area contributed by atoms with Gasteiger partial charge in [-0.3, -0.25) is 4.79 Å². The fourth-order valence-corrected chi connectivity index (χ4v) is 2.75. The summed E-state index contributed by atoms with van der Waals surface area (Å²) >= 11 is 0. The molecule has 1 N–H and O–H groups in total. The molecule has 1 heterocycles. The van der Waals surface area contributed by atoms with E-state index in [4.69, 9.17) is 18.6 Å². The highest BCUT2D eigenvalue weighted by atomic mass is 16.5. The zero-order valence-corrected chi connectivity index (χ0v) is 15.8. The van der Waals surface area contributed by atoms with Gasteiger partial charge in [0.2, 0.25) is 5.91 Å². The van der Waals surface area contributed by atoms with Crippen molar-refractivity contribution in [3.05, 3.63) is 47.4 Å². The minimum Gasteiger partial charge on any atom is -0.497 e. The van der Waals surface area contributed by atoms with Crippen LogP contribution < -0.4 is 14.8 Å². The SMILES string of the molecule is COCC[C@@H](NC(=O)CCc1cc(OC)ccc1OC)c1ccc(C)o1. The van der Waals surface area contributed by atoms with Gasteiger partial charge >= 0.3 is 0 Å². The third-order valence-electron chi connectivity index (χ3n) is 4.16. The number of nitrogens with one attached hydrogen (secondary N) is 1. The van der Waals surface area contributed by atoms with Crippen molar-refractivity contribution in [3.8, 4) is 11.5 Å². The number of rotatable bonds is 10. The van der Waals surface area contributed by atoms with Gasteiger partial charge in [-0.15, -0.1) is 0 Å². The highest BCUT2D eigenvalue weighted by Crippen LogP contribution is 2.25. The molecule has 0 saturated carbocycles. The first-order valence-electron chi connectivity index (χ1n) is 8.63. The van der Waals surface area contributed by atoms with Gasteiger partial charge in [0.25, 0.3) is 0 Å². The number of hydrogen-bond acceptors (Lipinski definition) is 5. The predicted octanol–water partition coefficient (Wildman–Crippen LogP) is 3.43. The van der Waals surface area contributed by atoms with Crippen molar-refractivity contribution in [2.75, 3.05) is 27.9 Å². The van der Waals surface area contributed by atoms with Crippen LogP contribution in [0.5, 0.6) is 11.5 Å². The van der Waals surface area contributed by atoms with Crippen LogP contribution in [0.3, 0.4) is 0 Å². The average molecular weight is 361 g/mol. The van der Waals surface area contributed by atoms with E-state index < -0.39 is 0 Å². The molecule has 1 aromatic heterocycles. The van der Waals surface area contributed by atoms with Gasteiger partial charge in [0.05, 0.1) is 20.3 Å². The van der Waals surface area contributed by atoms with Crippen LogP contribution >= 0.6 is 0 Å². The molecule has 1 aromatic carbocycles. The molecule has 6 nitrogen and oxygen atoms in total. The molecule has 2 rings (SSSR count). The normalized spacial score (nSPS) is 11.8. The molecule has 2 aromatic rings. The summed E-state index contributed by atoms with van der Waals surface area (Å²) in [6, 6.07) is 9.15. The highest BCUT2D eigenvalue weighted by Gasteiger charge is 2.18. The van der Waals surface area contributed by atoms with Crippen LogP contribution in [0.25, 0.3) is 0 Å². The average Bonchev–Trinajstić information content (AvgIpc) is 3.09. The fourth-order valence-electron chi connectivity index (χ4n) is 2.75. The van der Waals surface area contributed by atoms with Crippen LogP contribution in [0.1, 0.15) is 36.0 Å². The van der Waals surface area contributed by atoms with Gasteiger partial charge in [-0.05, 0) is 55.7 Å². The Balaban J connectivity index is 1.99. The van der Waals surface area contributed by atoms with Gasteiger partial charge in [0, 0.05) is 20.1 Å². The number of ether oxygens (including phenoxy) is 3. The Labute approximate surface area is 154 Å². The number of carbonyl (C=O) groups is 1. The Hall–Kier alpha value is -2.47. The number of carbonyl (C=O) groups excluding carboxylic acids is 1. The molecule has 0 radical (unpaired) electrons. The summed E-state index contributed by atoms with van der Waals surface area (Å²) in [5.41, 5.74) is 0.935. The second-order valence-electron chi connectivity index (χ2n) is 6.03. The van der Waals surface area contributed by atoms with Crippen molar-refractivity contribution < 1.29 is 23.4 Å². The van der Waals surface area contributed by atoms with Crippen LogP contribution in [0.2, 0.25) is 0 Å². The Bertz CT molecular complexity index is 710. The van der Waals surface area contributed by atoms with Crippen molar-refractivity contribution in [1.29, 1.82) is 0 Å². The van der Waals surface area contributed by atoms with Crippen LogP contribution in [0.4, 0.5) is 0 Å². The number of amides is 1. The molecule has 0 aliphatic carbocycles. The molecule has 0 unspecified atom stereocenters. The molecule has 0 saturated heterocycles. The molecule has 0 spiro atoms. The first-order chi connectivity index (χ1) is 12.6. The monoisotopic (exact) mass is 361 g/mol. The van der Waals surface area contributed by atoms with Crippen molar-refractivity contribution in [1.82, 2.24) is 5.32 Å². The third kappa shape index (κ3) is 5.52. The minimum absolute atomic E-state index is 0.0509. The molecule has 0 aliphatic rings. The predicted molar refractivity (Wildman–Crippen MR) is 98.7 cm³/mol. The summed E-state index contributed by atoms with van der Waals surface area (Å²) in [7, 11) is 4.87. The Kier molecular flexibility index (Phi) is 7.53. The van der Waals surface area contributed by atoms with E-state index in [0.717, 1.165) is 28.6 Å². The number of methoxy groups -OCH3 is 3. The van der Waals surface area contributed by atoms with E-state index in [0.29, 0.717) is 25.9 Å². The molecule has 6 heteroatoms. The fraction of sp³-hybridized carbons (Fsp3) is 0.450. The lowest BCUT2D eigenvalue weighted by atomic mass is 10.1. The zero-order chi connectivity index (χ0) is 18.9. The van der Waals surface area contributed by atoms with Crippen molar-refractivity contribution in [2.45, 2.75) is 32.2 Å². The first-order valence-corrected chi connectivity index (χ1v) is 8.63. The topological polar surface area (TPSA) is 69.9 Å². The van der Waals surface area contributed by atoms with Crippen molar-refractivity contribution in [2.24, 2.45) is 0 Å². The highest BCUT2D eigenvalue weighted by molar-refractivity contribution is 5.76. The molecule has 0 fully saturated rings. The van der Waals surface area contributed by atoms with Crippen LogP contribution in [-0.2, 0) is 16.0 Å². The number of benzene rings is 1. The second-order valence-corrected chi connectivity index (χ2v) is 6.03. The van der Waals surface area contributed by atoms with E-state index in [2.05, 4.69) is 5.32 Å². The lowest BCUT2D eigenvalue weighted by molar-refractivity contribution is -0.122. The van der Waals surface area contributed by atoms with Crippen molar-refractivity contribution >= 4 is 5.91 Å². The van der Waals surface area contributed by atoms with Gasteiger partial charge in [-0.2, -0.15) is 0 Å². The first kappa shape index (κ1) is 19.8. The summed E-state index contributed by atoms with van der Waals surface area (Å²) in [6.45, 7) is 2.42. The summed E-state index contributed by atoms with van der Waals surface area (Å²) in [5, 5.41) is 3.03. The van der Waals surface area contributed by atoms with Gasteiger partial charge in [0.15, 0.2) is 0 Å². The molecule has 1 amide bonds. The molecular weight excluding hydrogens is 334 g/mol. The van der Waals surface area contributed by atoms with E-state index in [1.807, 2.05) is 37.3 Å². The van der Waals surface area contributed by atoms with Gasteiger partial charge in [-0.25, -0.2) is 0 Å². The quantitative estimate of drug-likeness (QED) is 0.702. The van der Waals surface area contributed by atoms with E-state index in [-0.39, 0.29) is 11.9 Å². The number of furan rings is 1. The summed E-state index contributed by atoms with van der Waals surface area (Å²) in [5.74, 6) is 3.00. The van der Waals surface area contributed by atoms with E-state index in [9.17, 15) is 4.79 Å². The zero-order valence-electron chi connectivity index (χ0n) is 15.8. The summed E-state index contributed by atoms with van der Waals surface area (Å²) < 4.78 is 21.4. The third-order valence-corrected chi connectivity index (χ3v) is 4.16. The van der Waals surface area contributed by atoms with Gasteiger partial charge in [-0.1, -0.05) is 0 Å². The van der Waals surface area contributed by atoms with Crippen molar-refractivity contribution in [3.63, 3.8) is 0 Å². The standard InChI is InChI=1S/C20H27NO5/c1-14-5-8-19(26-14)17(11-12-23-2)21-20(22)10-6-15-13-16(24-3)7-9-18(15)25-4/h5,7-9,13,17H,6,10-12H2,1-4H3,(H,21,22)/t17-/m1/s1. The van der Waals surface area contributed by atoms with Gasteiger partial charge in [0.1, 0.15) is 23.0 Å². The summed E-state index contributed by atoms with van der Waals surface area (Å²) in [6.07, 6.45) is 1.55. The largest absolute Gasteiger partial charge is 0.497 e. The van der Waals surface area contributed by atoms with Crippen LogP contribution in [-0.4, -0.2) is 33.8 Å². The smallest absolute Gasteiger partial charge is 0.220 e. The lowest BCUT2D eigenvalue weighted by Gasteiger charge is -2.17. The molecule has 0 bridgehead atoms. The molecule has 0 aliphatic heterocycles. The van der Waals surface area contributed by atoms with Crippen LogP contribution in [0.15, 0.2) is 34.7 Å². The van der Waals surface area contributed by atoms with Gasteiger partial charge < -0.3 is 23.9 Å². The summed E-state index contributed by atoms with van der Waals surface area (Å²) in [4.78, 5) is 12.5. The molecule has 142 valence electrons. The maximum Gasteiger partial charge on any atom is 0.220 e. The Morgan fingerprint density at radius 2 is 1.96 bits per heavy atom. The van der Waals surface area contributed by atoms with E-state index >= 15 is 0 Å². The van der Waals surface area contributed by atoms with E-state index in [1.165, 1.54) is 0 Å². The number of aryl methyl sites for hydroxylation is 2. The maximum atomic E-state index is 12.5. The molecule has 1 atom stereocenters. The molecular formula is C20H27NO5.